The first-order valence-corrected chi connectivity index (χ1v) is 10.6. The third kappa shape index (κ3) is 4.05. The summed E-state index contributed by atoms with van der Waals surface area (Å²) < 4.78 is 2.39. The van der Waals surface area contributed by atoms with Gasteiger partial charge in [-0.1, -0.05) is 19.3 Å². The molecule has 1 fully saturated rings. The van der Waals surface area contributed by atoms with E-state index in [1.165, 1.54) is 43.6 Å². The zero-order valence-corrected chi connectivity index (χ0v) is 17.0. The molecule has 0 spiro atoms. The van der Waals surface area contributed by atoms with Gasteiger partial charge in [0.25, 0.3) is 0 Å². The maximum atomic E-state index is 12.7. The fourth-order valence-corrected chi connectivity index (χ4v) is 4.55. The van der Waals surface area contributed by atoms with E-state index in [4.69, 9.17) is 4.98 Å². The van der Waals surface area contributed by atoms with Crippen molar-refractivity contribution in [3.05, 3.63) is 41.6 Å². The number of hydrogen-bond donors (Lipinski definition) is 1. The monoisotopic (exact) mass is 381 g/mol. The summed E-state index contributed by atoms with van der Waals surface area (Å²) in [5, 5.41) is 3.12. The smallest absolute Gasteiger partial charge is 0.223 e. The Bertz CT molecular complexity index is 822. The predicted octanol–water partition coefficient (Wildman–Crippen LogP) is 3.27. The first kappa shape index (κ1) is 19.0. The van der Waals surface area contributed by atoms with Crippen molar-refractivity contribution in [2.45, 2.75) is 64.0 Å². The number of aromatic nitrogens is 3. The minimum atomic E-state index is 0.0403. The van der Waals surface area contributed by atoms with E-state index in [1.54, 1.807) is 6.20 Å². The van der Waals surface area contributed by atoms with Gasteiger partial charge < -0.3 is 14.8 Å². The van der Waals surface area contributed by atoms with Gasteiger partial charge in [0.1, 0.15) is 11.6 Å². The Morgan fingerprint density at radius 2 is 2.04 bits per heavy atom. The van der Waals surface area contributed by atoms with Gasteiger partial charge in [0.2, 0.25) is 5.91 Å². The molecule has 0 aromatic carbocycles. The molecule has 1 N–H and O–H groups in total. The van der Waals surface area contributed by atoms with Gasteiger partial charge in [0.15, 0.2) is 0 Å². The van der Waals surface area contributed by atoms with Crippen LogP contribution in [0.1, 0.15) is 61.5 Å². The molecule has 6 nitrogen and oxygen atoms in total. The molecule has 2 aliphatic rings. The van der Waals surface area contributed by atoms with Crippen LogP contribution in [0.25, 0.3) is 0 Å². The number of rotatable bonds is 5. The van der Waals surface area contributed by atoms with Crippen LogP contribution in [0.3, 0.4) is 0 Å². The number of anilines is 1. The van der Waals surface area contributed by atoms with E-state index in [9.17, 15) is 4.79 Å². The lowest BCUT2D eigenvalue weighted by atomic mass is 9.88. The molecule has 1 atom stereocenters. The third-order valence-corrected chi connectivity index (χ3v) is 6.20. The van der Waals surface area contributed by atoms with E-state index in [0.29, 0.717) is 12.5 Å². The van der Waals surface area contributed by atoms with E-state index >= 15 is 0 Å². The van der Waals surface area contributed by atoms with Crippen LogP contribution in [-0.4, -0.2) is 34.5 Å². The fourth-order valence-electron chi connectivity index (χ4n) is 4.55. The molecule has 1 aliphatic carbocycles. The molecule has 1 aliphatic heterocycles. The highest BCUT2D eigenvalue weighted by molar-refractivity contribution is 5.79. The van der Waals surface area contributed by atoms with Crippen LogP contribution in [0.15, 0.2) is 24.5 Å². The Hall–Kier alpha value is -2.37. The molecule has 0 bridgehead atoms. The molecule has 1 amide bonds. The van der Waals surface area contributed by atoms with Crippen molar-refractivity contribution >= 4 is 11.7 Å². The van der Waals surface area contributed by atoms with E-state index < -0.39 is 0 Å². The SMILES string of the molecule is CN(C)c1cc(CNC(=O)[C@@H]2CCn3c(cnc3C3CCCCC3)C2)ccn1. The van der Waals surface area contributed by atoms with Crippen LogP contribution in [0.5, 0.6) is 0 Å². The summed E-state index contributed by atoms with van der Waals surface area (Å²) in [4.78, 5) is 23.8. The lowest BCUT2D eigenvalue weighted by Gasteiger charge is -2.27. The second-order valence-corrected chi connectivity index (χ2v) is 8.42. The molecule has 2 aromatic heterocycles. The minimum absolute atomic E-state index is 0.0403. The molecule has 0 saturated heterocycles. The van der Waals surface area contributed by atoms with Crippen LogP contribution in [0.2, 0.25) is 0 Å². The molecule has 0 unspecified atom stereocenters. The molecule has 1 saturated carbocycles. The van der Waals surface area contributed by atoms with Crippen molar-refractivity contribution in [1.82, 2.24) is 19.9 Å². The maximum absolute atomic E-state index is 12.7. The van der Waals surface area contributed by atoms with Gasteiger partial charge in [0, 0.05) is 63.5 Å². The van der Waals surface area contributed by atoms with Crippen molar-refractivity contribution < 1.29 is 4.79 Å². The number of hydrogen-bond acceptors (Lipinski definition) is 4. The molecule has 150 valence electrons. The lowest BCUT2D eigenvalue weighted by Crippen LogP contribution is -2.35. The van der Waals surface area contributed by atoms with Crippen molar-refractivity contribution in [2.24, 2.45) is 5.92 Å². The molecule has 28 heavy (non-hydrogen) atoms. The zero-order valence-electron chi connectivity index (χ0n) is 17.0. The summed E-state index contributed by atoms with van der Waals surface area (Å²) in [5.74, 6) is 2.98. The van der Waals surface area contributed by atoms with E-state index in [2.05, 4.69) is 14.9 Å². The highest BCUT2D eigenvalue weighted by atomic mass is 16.1. The standard InChI is InChI=1S/C22H31N5O/c1-26(2)20-12-16(8-10-23-20)14-25-22(28)18-9-11-27-19(13-18)15-24-21(27)17-6-4-3-5-7-17/h8,10,12,15,17-18H,3-7,9,11,13-14H2,1-2H3,(H,25,28)/t18-/m1/s1. The number of fused-ring (bicyclic) bond motifs is 1. The Morgan fingerprint density at radius 3 is 2.82 bits per heavy atom. The Labute approximate surface area is 167 Å². The van der Waals surface area contributed by atoms with Gasteiger partial charge in [-0.2, -0.15) is 0 Å². The summed E-state index contributed by atoms with van der Waals surface area (Å²) in [6.07, 6.45) is 12.0. The largest absolute Gasteiger partial charge is 0.363 e. The number of imidazole rings is 1. The topological polar surface area (TPSA) is 63.1 Å². The van der Waals surface area contributed by atoms with Crippen LogP contribution in [-0.2, 0) is 24.3 Å². The van der Waals surface area contributed by atoms with Gasteiger partial charge >= 0.3 is 0 Å². The zero-order chi connectivity index (χ0) is 19.5. The van der Waals surface area contributed by atoms with Crippen LogP contribution < -0.4 is 10.2 Å². The number of carbonyl (C=O) groups excluding carboxylic acids is 1. The van der Waals surface area contributed by atoms with Crippen molar-refractivity contribution in [2.75, 3.05) is 19.0 Å². The van der Waals surface area contributed by atoms with Crippen molar-refractivity contribution in [3.63, 3.8) is 0 Å². The normalized spacial score (nSPS) is 19.9. The summed E-state index contributed by atoms with van der Waals surface area (Å²) in [6.45, 7) is 1.46. The molecule has 6 heteroatoms. The molecular formula is C22H31N5O. The van der Waals surface area contributed by atoms with Crippen LogP contribution >= 0.6 is 0 Å². The highest BCUT2D eigenvalue weighted by Crippen LogP contribution is 2.34. The van der Waals surface area contributed by atoms with Gasteiger partial charge in [-0.25, -0.2) is 9.97 Å². The average molecular weight is 382 g/mol. The number of amides is 1. The Morgan fingerprint density at radius 1 is 1.21 bits per heavy atom. The van der Waals surface area contributed by atoms with Gasteiger partial charge in [-0.3, -0.25) is 4.79 Å². The Kier molecular flexibility index (Phi) is 5.64. The minimum Gasteiger partial charge on any atom is -0.363 e. The Balaban J connectivity index is 1.36. The lowest BCUT2D eigenvalue weighted by molar-refractivity contribution is -0.125. The summed E-state index contributed by atoms with van der Waals surface area (Å²) >= 11 is 0. The second kappa shape index (κ2) is 8.33. The number of nitrogens with one attached hydrogen (secondary N) is 1. The van der Waals surface area contributed by atoms with Gasteiger partial charge in [-0.05, 0) is 37.0 Å². The predicted molar refractivity (Wildman–Crippen MR) is 110 cm³/mol. The van der Waals surface area contributed by atoms with Crippen LogP contribution in [0, 0.1) is 5.92 Å². The van der Waals surface area contributed by atoms with Crippen LogP contribution in [0.4, 0.5) is 5.82 Å². The molecular weight excluding hydrogens is 350 g/mol. The molecule has 2 aromatic rings. The summed E-state index contributed by atoms with van der Waals surface area (Å²) in [7, 11) is 3.94. The first-order valence-electron chi connectivity index (χ1n) is 10.6. The maximum Gasteiger partial charge on any atom is 0.223 e. The summed E-state index contributed by atoms with van der Waals surface area (Å²) in [6, 6.07) is 3.98. The van der Waals surface area contributed by atoms with Gasteiger partial charge in [-0.15, -0.1) is 0 Å². The van der Waals surface area contributed by atoms with E-state index in [-0.39, 0.29) is 11.8 Å². The fraction of sp³-hybridized carbons (Fsp3) is 0.591. The number of nitrogens with zero attached hydrogens (tertiary/aromatic N) is 4. The average Bonchev–Trinajstić information content (AvgIpc) is 3.16. The number of pyridine rings is 1. The second-order valence-electron chi connectivity index (χ2n) is 8.42. The highest BCUT2D eigenvalue weighted by Gasteiger charge is 2.29. The number of carbonyl (C=O) groups is 1. The van der Waals surface area contributed by atoms with Crippen molar-refractivity contribution in [3.8, 4) is 0 Å². The quantitative estimate of drug-likeness (QED) is 0.863. The molecule has 3 heterocycles. The van der Waals surface area contributed by atoms with Crippen molar-refractivity contribution in [1.29, 1.82) is 0 Å². The molecule has 4 rings (SSSR count). The first-order chi connectivity index (χ1) is 13.6. The molecule has 0 radical (unpaired) electrons. The van der Waals surface area contributed by atoms with Gasteiger partial charge in [0.05, 0.1) is 0 Å². The van der Waals surface area contributed by atoms with E-state index in [1.807, 2.05) is 37.3 Å². The van der Waals surface area contributed by atoms with E-state index in [0.717, 1.165) is 30.8 Å². The third-order valence-electron chi connectivity index (χ3n) is 6.20. The summed E-state index contributed by atoms with van der Waals surface area (Å²) in [5.41, 5.74) is 2.30.